The summed E-state index contributed by atoms with van der Waals surface area (Å²) < 4.78 is 0. The highest BCUT2D eigenvalue weighted by atomic mass is 15.1. The van der Waals surface area contributed by atoms with Crippen LogP contribution < -0.4 is 4.90 Å². The van der Waals surface area contributed by atoms with Crippen molar-refractivity contribution >= 4 is 5.69 Å². The molecule has 0 aliphatic carbocycles. The van der Waals surface area contributed by atoms with Crippen LogP contribution in [-0.2, 0) is 0 Å². The summed E-state index contributed by atoms with van der Waals surface area (Å²) in [5.74, 6) is 0. The van der Waals surface area contributed by atoms with E-state index in [1.54, 1.807) is 0 Å². The van der Waals surface area contributed by atoms with Gasteiger partial charge in [-0.1, -0.05) is 18.2 Å². The standard InChI is InChI=1S/C13H17N/c1-12(2)8-7-11-14(3)13-9-5-4-6-10-13/h4-7,9-10H,11H2,1-3H3. The molecule has 1 nitrogen and oxygen atoms in total. The summed E-state index contributed by atoms with van der Waals surface area (Å²) in [5.41, 5.74) is 5.65. The van der Waals surface area contributed by atoms with E-state index in [9.17, 15) is 0 Å². The first-order valence-electron chi connectivity index (χ1n) is 4.84. The van der Waals surface area contributed by atoms with Crippen LogP contribution in [0.5, 0.6) is 0 Å². The Balaban J connectivity index is 2.60. The minimum Gasteiger partial charge on any atom is -0.370 e. The Bertz CT molecular complexity index is 328. The lowest BCUT2D eigenvalue weighted by Gasteiger charge is -2.16. The summed E-state index contributed by atoms with van der Waals surface area (Å²) in [5, 5.41) is 0. The number of likely N-dealkylation sites (N-methyl/N-ethyl adjacent to an activating group) is 1. The predicted molar refractivity (Wildman–Crippen MR) is 62.7 cm³/mol. The van der Waals surface area contributed by atoms with Crippen molar-refractivity contribution in [3.05, 3.63) is 47.7 Å². The molecule has 0 saturated carbocycles. The number of para-hydroxylation sites is 1. The lowest BCUT2D eigenvalue weighted by molar-refractivity contribution is 1.03. The molecule has 0 fully saturated rings. The fourth-order valence-electron chi connectivity index (χ4n) is 1.17. The van der Waals surface area contributed by atoms with E-state index < -0.39 is 0 Å². The summed E-state index contributed by atoms with van der Waals surface area (Å²) in [6.45, 7) is 5.01. The van der Waals surface area contributed by atoms with Crippen molar-refractivity contribution in [2.45, 2.75) is 13.8 Å². The molecular formula is C13H17N. The van der Waals surface area contributed by atoms with E-state index in [0.29, 0.717) is 0 Å². The van der Waals surface area contributed by atoms with Crippen LogP contribution >= 0.6 is 0 Å². The van der Waals surface area contributed by atoms with Crippen LogP contribution in [0.4, 0.5) is 5.69 Å². The molecule has 0 radical (unpaired) electrons. The molecule has 1 rings (SSSR count). The molecule has 1 aromatic carbocycles. The molecule has 0 aliphatic rings. The summed E-state index contributed by atoms with van der Waals surface area (Å²) in [4.78, 5) is 2.19. The van der Waals surface area contributed by atoms with Gasteiger partial charge in [-0.2, -0.15) is 0 Å². The minimum atomic E-state index is 0.898. The van der Waals surface area contributed by atoms with Gasteiger partial charge in [0.25, 0.3) is 0 Å². The topological polar surface area (TPSA) is 3.24 Å². The maximum atomic E-state index is 3.20. The van der Waals surface area contributed by atoms with Crippen LogP contribution in [0.2, 0.25) is 0 Å². The SMILES string of the molecule is CC(C)=C=CCN(C)c1ccccc1. The highest BCUT2D eigenvalue weighted by Gasteiger charge is 1.94. The van der Waals surface area contributed by atoms with Gasteiger partial charge >= 0.3 is 0 Å². The Labute approximate surface area is 86.4 Å². The monoisotopic (exact) mass is 187 g/mol. The highest BCUT2D eigenvalue weighted by molar-refractivity contribution is 5.45. The molecule has 74 valence electrons. The van der Waals surface area contributed by atoms with E-state index in [1.165, 1.54) is 11.3 Å². The van der Waals surface area contributed by atoms with Gasteiger partial charge in [-0.05, 0) is 37.6 Å². The van der Waals surface area contributed by atoms with Crippen molar-refractivity contribution in [1.82, 2.24) is 0 Å². The number of hydrogen-bond donors (Lipinski definition) is 0. The van der Waals surface area contributed by atoms with Gasteiger partial charge in [0, 0.05) is 19.3 Å². The van der Waals surface area contributed by atoms with E-state index in [-0.39, 0.29) is 0 Å². The first-order valence-corrected chi connectivity index (χ1v) is 4.84. The Morgan fingerprint density at radius 2 is 1.93 bits per heavy atom. The van der Waals surface area contributed by atoms with Crippen LogP contribution in [0.1, 0.15) is 13.8 Å². The normalized spacial score (nSPS) is 9.07. The van der Waals surface area contributed by atoms with E-state index >= 15 is 0 Å². The second-order valence-corrected chi connectivity index (χ2v) is 3.56. The largest absolute Gasteiger partial charge is 0.370 e. The first kappa shape index (κ1) is 10.6. The lowest BCUT2D eigenvalue weighted by atomic mass is 10.3. The number of benzene rings is 1. The molecule has 1 heteroatoms. The van der Waals surface area contributed by atoms with Crippen molar-refractivity contribution < 1.29 is 0 Å². The molecule has 0 N–H and O–H groups in total. The third-order valence-corrected chi connectivity index (χ3v) is 1.95. The number of nitrogens with zero attached hydrogens (tertiary/aromatic N) is 1. The molecule has 0 spiro atoms. The molecule has 0 bridgehead atoms. The molecule has 0 atom stereocenters. The van der Waals surface area contributed by atoms with Crippen molar-refractivity contribution in [1.29, 1.82) is 0 Å². The fourth-order valence-corrected chi connectivity index (χ4v) is 1.17. The molecule has 14 heavy (non-hydrogen) atoms. The van der Waals surface area contributed by atoms with E-state index in [1.807, 2.05) is 6.07 Å². The van der Waals surface area contributed by atoms with Crippen LogP contribution in [0, 0.1) is 0 Å². The quantitative estimate of drug-likeness (QED) is 0.657. The van der Waals surface area contributed by atoms with Crippen molar-refractivity contribution in [2.24, 2.45) is 0 Å². The number of hydrogen-bond acceptors (Lipinski definition) is 1. The number of rotatable bonds is 3. The van der Waals surface area contributed by atoms with Gasteiger partial charge in [-0.15, -0.1) is 5.73 Å². The molecule has 0 aromatic heterocycles. The van der Waals surface area contributed by atoms with Gasteiger partial charge in [-0.3, -0.25) is 0 Å². The van der Waals surface area contributed by atoms with Crippen LogP contribution in [0.15, 0.2) is 47.7 Å². The molecule has 0 saturated heterocycles. The molecule has 0 amide bonds. The number of anilines is 1. The second-order valence-electron chi connectivity index (χ2n) is 3.56. The zero-order valence-electron chi connectivity index (χ0n) is 9.12. The van der Waals surface area contributed by atoms with Crippen LogP contribution in [0.3, 0.4) is 0 Å². The molecule has 0 unspecified atom stereocenters. The third kappa shape index (κ3) is 3.51. The Morgan fingerprint density at radius 1 is 1.29 bits per heavy atom. The molecular weight excluding hydrogens is 170 g/mol. The van der Waals surface area contributed by atoms with Gasteiger partial charge in [0.15, 0.2) is 0 Å². The first-order chi connectivity index (χ1) is 6.70. The Morgan fingerprint density at radius 3 is 2.50 bits per heavy atom. The van der Waals surface area contributed by atoms with Crippen molar-refractivity contribution in [2.75, 3.05) is 18.5 Å². The maximum absolute atomic E-state index is 3.20. The highest BCUT2D eigenvalue weighted by Crippen LogP contribution is 2.09. The lowest BCUT2D eigenvalue weighted by Crippen LogP contribution is -2.16. The van der Waals surface area contributed by atoms with Gasteiger partial charge < -0.3 is 4.90 Å². The zero-order valence-corrected chi connectivity index (χ0v) is 9.12. The summed E-state index contributed by atoms with van der Waals surface area (Å²) in [6.07, 6.45) is 2.06. The Hall–Kier alpha value is -1.46. The van der Waals surface area contributed by atoms with Crippen LogP contribution in [0.25, 0.3) is 0 Å². The van der Waals surface area contributed by atoms with Crippen LogP contribution in [-0.4, -0.2) is 13.6 Å². The Kier molecular flexibility index (Phi) is 4.03. The minimum absolute atomic E-state index is 0.898. The third-order valence-electron chi connectivity index (χ3n) is 1.95. The van der Waals surface area contributed by atoms with E-state index in [0.717, 1.165) is 6.54 Å². The summed E-state index contributed by atoms with van der Waals surface area (Å²) >= 11 is 0. The zero-order chi connectivity index (χ0) is 10.4. The van der Waals surface area contributed by atoms with Gasteiger partial charge in [-0.25, -0.2) is 0 Å². The average molecular weight is 187 g/mol. The smallest absolute Gasteiger partial charge is 0.0430 e. The average Bonchev–Trinajstić information content (AvgIpc) is 2.18. The van der Waals surface area contributed by atoms with Gasteiger partial charge in [0.1, 0.15) is 0 Å². The summed E-state index contributed by atoms with van der Waals surface area (Å²) in [7, 11) is 2.08. The summed E-state index contributed by atoms with van der Waals surface area (Å²) in [6, 6.07) is 10.4. The van der Waals surface area contributed by atoms with Gasteiger partial charge in [0.05, 0.1) is 0 Å². The van der Waals surface area contributed by atoms with Crippen molar-refractivity contribution in [3.63, 3.8) is 0 Å². The maximum Gasteiger partial charge on any atom is 0.0430 e. The van der Waals surface area contributed by atoms with Crippen molar-refractivity contribution in [3.8, 4) is 0 Å². The second kappa shape index (κ2) is 5.31. The molecule has 1 aromatic rings. The predicted octanol–water partition coefficient (Wildman–Crippen LogP) is 3.24. The molecule has 0 aliphatic heterocycles. The molecule has 0 heterocycles. The fraction of sp³-hybridized carbons (Fsp3) is 0.308. The van der Waals surface area contributed by atoms with E-state index in [2.05, 4.69) is 61.9 Å². The van der Waals surface area contributed by atoms with E-state index in [4.69, 9.17) is 0 Å². The van der Waals surface area contributed by atoms with Gasteiger partial charge in [0.2, 0.25) is 0 Å².